The summed E-state index contributed by atoms with van der Waals surface area (Å²) in [6.45, 7) is 1.76. The molecular weight excluding hydrogens is 168 g/mol. The van der Waals surface area contributed by atoms with E-state index in [1.165, 1.54) is 6.07 Å². The summed E-state index contributed by atoms with van der Waals surface area (Å²) in [6.07, 6.45) is 0. The molecule has 13 heavy (non-hydrogen) atoms. The third-order valence-corrected chi connectivity index (χ3v) is 1.67. The highest BCUT2D eigenvalue weighted by Crippen LogP contribution is 2.19. The van der Waals surface area contributed by atoms with Crippen molar-refractivity contribution in [2.75, 3.05) is 11.9 Å². The number of amides is 1. The van der Waals surface area contributed by atoms with E-state index in [1.807, 2.05) is 0 Å². The van der Waals surface area contributed by atoms with Gasteiger partial charge in [0.25, 0.3) is 0 Å². The number of aromatic hydroxyl groups is 1. The van der Waals surface area contributed by atoms with E-state index in [4.69, 9.17) is 10.8 Å². The molecule has 0 heterocycles. The topological polar surface area (TPSA) is 75.3 Å². The van der Waals surface area contributed by atoms with Gasteiger partial charge in [0.05, 0.1) is 6.54 Å². The highest BCUT2D eigenvalue weighted by atomic mass is 16.3. The molecule has 0 aliphatic heterocycles. The Labute approximate surface area is 76.4 Å². The van der Waals surface area contributed by atoms with Gasteiger partial charge in [0.15, 0.2) is 0 Å². The van der Waals surface area contributed by atoms with E-state index >= 15 is 0 Å². The molecule has 70 valence electrons. The fourth-order valence-electron chi connectivity index (χ4n) is 0.989. The molecule has 0 aliphatic rings. The number of anilines is 1. The Hall–Kier alpha value is -1.55. The van der Waals surface area contributed by atoms with E-state index in [-0.39, 0.29) is 18.2 Å². The quantitative estimate of drug-likeness (QED) is 0.583. The fourth-order valence-corrected chi connectivity index (χ4v) is 0.989. The van der Waals surface area contributed by atoms with Crippen LogP contribution in [0.4, 0.5) is 5.69 Å². The highest BCUT2D eigenvalue weighted by Gasteiger charge is 2.02. The van der Waals surface area contributed by atoms with Gasteiger partial charge < -0.3 is 16.2 Å². The van der Waals surface area contributed by atoms with Crippen LogP contribution < -0.4 is 11.1 Å². The van der Waals surface area contributed by atoms with Gasteiger partial charge in [-0.1, -0.05) is 0 Å². The van der Waals surface area contributed by atoms with Crippen molar-refractivity contribution in [2.24, 2.45) is 5.73 Å². The monoisotopic (exact) mass is 180 g/mol. The number of nitrogens with one attached hydrogen (secondary N) is 1. The van der Waals surface area contributed by atoms with Crippen molar-refractivity contribution in [1.82, 2.24) is 0 Å². The molecule has 0 fully saturated rings. The van der Waals surface area contributed by atoms with Crippen molar-refractivity contribution < 1.29 is 9.90 Å². The van der Waals surface area contributed by atoms with E-state index in [0.717, 1.165) is 5.56 Å². The van der Waals surface area contributed by atoms with Crippen LogP contribution in [0, 0.1) is 6.92 Å². The van der Waals surface area contributed by atoms with Crippen LogP contribution in [0.2, 0.25) is 0 Å². The number of hydrogen-bond acceptors (Lipinski definition) is 3. The summed E-state index contributed by atoms with van der Waals surface area (Å²) in [4.78, 5) is 10.9. The molecule has 0 saturated carbocycles. The van der Waals surface area contributed by atoms with Crippen molar-refractivity contribution in [1.29, 1.82) is 0 Å². The largest absolute Gasteiger partial charge is 0.508 e. The number of nitrogens with two attached hydrogens (primary N) is 1. The first-order valence-electron chi connectivity index (χ1n) is 3.93. The minimum absolute atomic E-state index is 0.0414. The summed E-state index contributed by atoms with van der Waals surface area (Å²) in [5.74, 6) is -0.0583. The highest BCUT2D eigenvalue weighted by molar-refractivity contribution is 5.92. The van der Waals surface area contributed by atoms with Crippen LogP contribution in [0.15, 0.2) is 18.2 Å². The average Bonchev–Trinajstić information content (AvgIpc) is 2.09. The second-order valence-corrected chi connectivity index (χ2v) is 2.75. The predicted molar refractivity (Wildman–Crippen MR) is 50.5 cm³/mol. The maximum absolute atomic E-state index is 10.9. The standard InChI is InChI=1S/C9H12N2O2/c1-6-4-7(12)2-3-8(6)11-9(13)5-10/h2-4,12H,5,10H2,1H3,(H,11,13). The number of carbonyl (C=O) groups excluding carboxylic acids is 1. The predicted octanol–water partition coefficient (Wildman–Crippen LogP) is 0.598. The third-order valence-electron chi connectivity index (χ3n) is 1.67. The first kappa shape index (κ1) is 9.54. The molecule has 4 nitrogen and oxygen atoms in total. The Bertz CT molecular complexity index is 323. The number of aryl methyl sites for hydroxylation is 1. The van der Waals surface area contributed by atoms with Crippen molar-refractivity contribution in [3.05, 3.63) is 23.8 Å². The lowest BCUT2D eigenvalue weighted by atomic mass is 10.2. The molecule has 0 aliphatic carbocycles. The minimum Gasteiger partial charge on any atom is -0.508 e. The van der Waals surface area contributed by atoms with Crippen LogP contribution in [0.3, 0.4) is 0 Å². The zero-order valence-corrected chi connectivity index (χ0v) is 7.37. The van der Waals surface area contributed by atoms with Crippen molar-refractivity contribution in [3.8, 4) is 5.75 Å². The van der Waals surface area contributed by atoms with E-state index < -0.39 is 0 Å². The molecule has 0 bridgehead atoms. The molecule has 0 atom stereocenters. The molecule has 1 aromatic carbocycles. The molecule has 4 N–H and O–H groups in total. The molecular formula is C9H12N2O2. The SMILES string of the molecule is Cc1cc(O)ccc1NC(=O)CN. The molecule has 0 radical (unpaired) electrons. The minimum atomic E-state index is -0.242. The Balaban J connectivity index is 2.83. The van der Waals surface area contributed by atoms with E-state index in [1.54, 1.807) is 19.1 Å². The van der Waals surface area contributed by atoms with Crippen LogP contribution in [-0.2, 0) is 4.79 Å². The Morgan fingerprint density at radius 1 is 1.62 bits per heavy atom. The number of rotatable bonds is 2. The fraction of sp³-hybridized carbons (Fsp3) is 0.222. The first-order valence-corrected chi connectivity index (χ1v) is 3.93. The molecule has 1 rings (SSSR count). The summed E-state index contributed by atoms with van der Waals surface area (Å²) in [7, 11) is 0. The van der Waals surface area contributed by atoms with Gasteiger partial charge in [0, 0.05) is 5.69 Å². The molecule has 1 amide bonds. The number of benzene rings is 1. The molecule has 1 aromatic rings. The van der Waals surface area contributed by atoms with Crippen molar-refractivity contribution in [3.63, 3.8) is 0 Å². The number of phenols is 1. The van der Waals surface area contributed by atoms with Gasteiger partial charge in [-0.3, -0.25) is 4.79 Å². The van der Waals surface area contributed by atoms with Crippen LogP contribution in [0.1, 0.15) is 5.56 Å². The van der Waals surface area contributed by atoms with Crippen LogP contribution >= 0.6 is 0 Å². The number of hydrogen-bond donors (Lipinski definition) is 3. The zero-order valence-electron chi connectivity index (χ0n) is 7.37. The Morgan fingerprint density at radius 3 is 2.85 bits per heavy atom. The van der Waals surface area contributed by atoms with E-state index in [0.29, 0.717) is 5.69 Å². The maximum atomic E-state index is 10.9. The van der Waals surface area contributed by atoms with Gasteiger partial charge in [-0.05, 0) is 30.7 Å². The second-order valence-electron chi connectivity index (χ2n) is 2.75. The molecule has 0 saturated heterocycles. The van der Waals surface area contributed by atoms with Gasteiger partial charge >= 0.3 is 0 Å². The van der Waals surface area contributed by atoms with E-state index in [9.17, 15) is 4.79 Å². The van der Waals surface area contributed by atoms with Crippen molar-refractivity contribution >= 4 is 11.6 Å². The van der Waals surface area contributed by atoms with Crippen LogP contribution in [0.25, 0.3) is 0 Å². The summed E-state index contributed by atoms with van der Waals surface area (Å²) >= 11 is 0. The summed E-state index contributed by atoms with van der Waals surface area (Å²) in [5.41, 5.74) is 6.62. The molecule has 0 unspecified atom stereocenters. The van der Waals surface area contributed by atoms with Crippen LogP contribution in [-0.4, -0.2) is 17.6 Å². The Morgan fingerprint density at radius 2 is 2.31 bits per heavy atom. The summed E-state index contributed by atoms with van der Waals surface area (Å²) < 4.78 is 0. The molecule has 4 heteroatoms. The lowest BCUT2D eigenvalue weighted by Gasteiger charge is -2.06. The Kier molecular flexibility index (Phi) is 2.87. The lowest BCUT2D eigenvalue weighted by Crippen LogP contribution is -2.22. The number of phenolic OH excluding ortho intramolecular Hbond substituents is 1. The summed E-state index contributed by atoms with van der Waals surface area (Å²) in [6, 6.07) is 4.73. The van der Waals surface area contributed by atoms with Gasteiger partial charge in [-0.25, -0.2) is 0 Å². The van der Waals surface area contributed by atoms with Crippen LogP contribution in [0.5, 0.6) is 5.75 Å². The number of carbonyl (C=O) groups is 1. The first-order chi connectivity index (χ1) is 6.13. The van der Waals surface area contributed by atoms with Gasteiger partial charge in [0.2, 0.25) is 5.91 Å². The molecule has 0 aromatic heterocycles. The van der Waals surface area contributed by atoms with E-state index in [2.05, 4.69) is 5.32 Å². The third kappa shape index (κ3) is 2.45. The smallest absolute Gasteiger partial charge is 0.238 e. The maximum Gasteiger partial charge on any atom is 0.238 e. The summed E-state index contributed by atoms with van der Waals surface area (Å²) in [5, 5.41) is 11.7. The van der Waals surface area contributed by atoms with Gasteiger partial charge in [-0.2, -0.15) is 0 Å². The van der Waals surface area contributed by atoms with Gasteiger partial charge in [0.1, 0.15) is 5.75 Å². The van der Waals surface area contributed by atoms with Crippen molar-refractivity contribution in [2.45, 2.75) is 6.92 Å². The molecule has 0 spiro atoms. The van der Waals surface area contributed by atoms with Gasteiger partial charge in [-0.15, -0.1) is 0 Å². The second kappa shape index (κ2) is 3.91. The lowest BCUT2D eigenvalue weighted by molar-refractivity contribution is -0.114. The average molecular weight is 180 g/mol. The zero-order chi connectivity index (χ0) is 9.84. The normalized spacial score (nSPS) is 9.69.